The molecule has 0 aromatic carbocycles. The summed E-state index contributed by atoms with van der Waals surface area (Å²) in [6.45, 7) is 3.15. The van der Waals surface area contributed by atoms with Crippen molar-refractivity contribution in [1.29, 1.82) is 0 Å². The molecule has 0 saturated heterocycles. The second-order valence-corrected chi connectivity index (χ2v) is 3.24. The van der Waals surface area contributed by atoms with Crippen molar-refractivity contribution in [2.45, 2.75) is 19.8 Å². The van der Waals surface area contributed by atoms with E-state index in [0.29, 0.717) is 0 Å². The van der Waals surface area contributed by atoms with Crippen LogP contribution in [0.4, 0.5) is 0 Å². The van der Waals surface area contributed by atoms with E-state index in [9.17, 15) is 0 Å². The second kappa shape index (κ2) is 3.13. The van der Waals surface area contributed by atoms with E-state index in [4.69, 9.17) is 0 Å². The van der Waals surface area contributed by atoms with Crippen molar-refractivity contribution in [2.24, 2.45) is 4.99 Å². The molecule has 1 rings (SSSR count). The molecule has 46 valence electrons. The number of hydrogen-bond donors (Lipinski definition) is 0. The van der Waals surface area contributed by atoms with Crippen LogP contribution in [0.1, 0.15) is 19.8 Å². The van der Waals surface area contributed by atoms with E-state index >= 15 is 0 Å². The predicted octanol–water partition coefficient (Wildman–Crippen LogP) is 1.93. The highest BCUT2D eigenvalue weighted by molar-refractivity contribution is 8.13. The van der Waals surface area contributed by atoms with Gasteiger partial charge in [0.25, 0.3) is 0 Å². The van der Waals surface area contributed by atoms with Gasteiger partial charge in [0.05, 0.1) is 5.04 Å². The van der Waals surface area contributed by atoms with Crippen LogP contribution in [0.2, 0.25) is 0 Å². The predicted molar refractivity (Wildman–Crippen MR) is 39.7 cm³/mol. The maximum Gasteiger partial charge on any atom is 0.0644 e. The Bertz CT molecular complexity index is 98.7. The third kappa shape index (κ3) is 1.86. The first-order chi connectivity index (χ1) is 3.89. The lowest BCUT2D eigenvalue weighted by Crippen LogP contribution is -1.81. The molecule has 0 N–H and O–H groups in total. The minimum absolute atomic E-state index is 1.05. The highest BCUT2D eigenvalue weighted by atomic mass is 32.2. The number of hydrogen-bond acceptors (Lipinski definition) is 2. The molecule has 8 heavy (non-hydrogen) atoms. The van der Waals surface area contributed by atoms with Gasteiger partial charge in [-0.15, -0.1) is 11.8 Å². The molecule has 0 saturated carbocycles. The lowest BCUT2D eigenvalue weighted by molar-refractivity contribution is 0.823. The van der Waals surface area contributed by atoms with Gasteiger partial charge >= 0.3 is 0 Å². The summed E-state index contributed by atoms with van der Waals surface area (Å²) in [5.41, 5.74) is 0. The summed E-state index contributed by atoms with van der Waals surface area (Å²) in [5.74, 6) is 1.27. The summed E-state index contributed by atoms with van der Waals surface area (Å²) in [5, 5.41) is 1.27. The van der Waals surface area contributed by atoms with Gasteiger partial charge in [-0.2, -0.15) is 0 Å². The zero-order chi connectivity index (χ0) is 5.82. The van der Waals surface area contributed by atoms with Crippen LogP contribution in [-0.4, -0.2) is 17.3 Å². The summed E-state index contributed by atoms with van der Waals surface area (Å²) < 4.78 is 0. The lowest BCUT2D eigenvalue weighted by atomic mass is 10.3. The Labute approximate surface area is 54.6 Å². The summed E-state index contributed by atoms with van der Waals surface area (Å²) in [6.07, 6.45) is 2.62. The summed E-state index contributed by atoms with van der Waals surface area (Å²) in [6, 6.07) is 0. The Morgan fingerprint density at radius 1 is 1.50 bits per heavy atom. The van der Waals surface area contributed by atoms with E-state index in [-0.39, 0.29) is 0 Å². The average molecular weight is 129 g/mol. The average Bonchev–Trinajstić information content (AvgIpc) is 1.94. The van der Waals surface area contributed by atoms with Crippen molar-refractivity contribution in [3.8, 4) is 0 Å². The minimum atomic E-state index is 1.05. The monoisotopic (exact) mass is 129 g/mol. The quantitative estimate of drug-likeness (QED) is 0.487. The third-order valence-corrected chi connectivity index (χ3v) is 2.24. The van der Waals surface area contributed by atoms with E-state index in [0.717, 1.165) is 6.54 Å². The standard InChI is InChI=1S/C6H11NS/c1-6-7-4-2-3-5-8-6/h2-5H2,1H3. The SMILES string of the molecule is CC1=NCCCCS1. The Morgan fingerprint density at radius 3 is 3.25 bits per heavy atom. The fourth-order valence-corrected chi connectivity index (χ4v) is 1.54. The Hall–Kier alpha value is 0.0200. The van der Waals surface area contributed by atoms with Crippen LogP contribution in [0.15, 0.2) is 4.99 Å². The number of nitrogens with zero attached hydrogens (tertiary/aromatic N) is 1. The Morgan fingerprint density at radius 2 is 2.38 bits per heavy atom. The summed E-state index contributed by atoms with van der Waals surface area (Å²) in [4.78, 5) is 4.30. The van der Waals surface area contributed by atoms with Crippen molar-refractivity contribution >= 4 is 16.8 Å². The molecule has 0 unspecified atom stereocenters. The molecule has 0 radical (unpaired) electrons. The first-order valence-corrected chi connectivity index (χ1v) is 4.02. The molecule has 0 amide bonds. The zero-order valence-electron chi connectivity index (χ0n) is 5.18. The van der Waals surface area contributed by atoms with Crippen LogP contribution in [0, 0.1) is 0 Å². The Balaban J connectivity index is 2.36. The maximum absolute atomic E-state index is 4.30. The van der Waals surface area contributed by atoms with Crippen molar-refractivity contribution in [3.05, 3.63) is 0 Å². The van der Waals surface area contributed by atoms with E-state index < -0.39 is 0 Å². The third-order valence-electron chi connectivity index (χ3n) is 1.20. The molecule has 0 aromatic heterocycles. The first kappa shape index (κ1) is 6.14. The highest BCUT2D eigenvalue weighted by Gasteiger charge is 1.96. The second-order valence-electron chi connectivity index (χ2n) is 1.96. The number of thioether (sulfide) groups is 1. The highest BCUT2D eigenvalue weighted by Crippen LogP contribution is 2.11. The number of aliphatic imine (C=N–C) groups is 1. The fraction of sp³-hybridized carbons (Fsp3) is 0.833. The van der Waals surface area contributed by atoms with E-state index in [1.807, 2.05) is 11.8 Å². The van der Waals surface area contributed by atoms with Gasteiger partial charge in [0, 0.05) is 6.54 Å². The molecule has 1 heterocycles. The van der Waals surface area contributed by atoms with Crippen molar-refractivity contribution in [2.75, 3.05) is 12.3 Å². The first-order valence-electron chi connectivity index (χ1n) is 3.03. The van der Waals surface area contributed by atoms with Crippen molar-refractivity contribution in [1.82, 2.24) is 0 Å². The molecule has 1 nitrogen and oxygen atoms in total. The van der Waals surface area contributed by atoms with Gasteiger partial charge in [-0.05, 0) is 25.5 Å². The van der Waals surface area contributed by atoms with Gasteiger partial charge in [-0.3, -0.25) is 4.99 Å². The largest absolute Gasteiger partial charge is 0.283 e. The van der Waals surface area contributed by atoms with Crippen molar-refractivity contribution < 1.29 is 0 Å². The lowest BCUT2D eigenvalue weighted by Gasteiger charge is -1.89. The van der Waals surface area contributed by atoms with Gasteiger partial charge in [0.15, 0.2) is 0 Å². The van der Waals surface area contributed by atoms with Gasteiger partial charge in [-0.1, -0.05) is 0 Å². The summed E-state index contributed by atoms with van der Waals surface area (Å²) in [7, 11) is 0. The molecule has 2 heteroatoms. The Kier molecular flexibility index (Phi) is 2.40. The van der Waals surface area contributed by atoms with Gasteiger partial charge in [0.2, 0.25) is 0 Å². The van der Waals surface area contributed by atoms with Crippen LogP contribution < -0.4 is 0 Å². The smallest absolute Gasteiger partial charge is 0.0644 e. The van der Waals surface area contributed by atoms with E-state index in [1.165, 1.54) is 23.6 Å². The van der Waals surface area contributed by atoms with Crippen LogP contribution in [0.5, 0.6) is 0 Å². The van der Waals surface area contributed by atoms with Gasteiger partial charge in [0.1, 0.15) is 0 Å². The van der Waals surface area contributed by atoms with Crippen LogP contribution in [-0.2, 0) is 0 Å². The van der Waals surface area contributed by atoms with Crippen molar-refractivity contribution in [3.63, 3.8) is 0 Å². The minimum Gasteiger partial charge on any atom is -0.283 e. The zero-order valence-corrected chi connectivity index (χ0v) is 6.00. The molecule has 1 aliphatic rings. The summed E-state index contributed by atoms with van der Waals surface area (Å²) >= 11 is 1.89. The maximum atomic E-state index is 4.30. The molecule has 0 bridgehead atoms. The molecular weight excluding hydrogens is 118 g/mol. The molecule has 0 fully saturated rings. The normalized spacial score (nSPS) is 21.9. The van der Waals surface area contributed by atoms with E-state index in [2.05, 4.69) is 11.9 Å². The molecule has 1 aliphatic heterocycles. The molecule has 0 atom stereocenters. The van der Waals surface area contributed by atoms with E-state index in [1.54, 1.807) is 0 Å². The fourth-order valence-electron chi connectivity index (χ4n) is 0.716. The molecule has 0 aliphatic carbocycles. The topological polar surface area (TPSA) is 12.4 Å². The van der Waals surface area contributed by atoms with Gasteiger partial charge < -0.3 is 0 Å². The van der Waals surface area contributed by atoms with Gasteiger partial charge in [-0.25, -0.2) is 0 Å². The molecule has 0 spiro atoms. The molecular formula is C6H11NS. The van der Waals surface area contributed by atoms with Crippen LogP contribution >= 0.6 is 11.8 Å². The van der Waals surface area contributed by atoms with Crippen LogP contribution in [0.3, 0.4) is 0 Å². The van der Waals surface area contributed by atoms with Crippen LogP contribution in [0.25, 0.3) is 0 Å². The number of rotatable bonds is 0. The molecule has 0 aromatic rings.